The predicted octanol–water partition coefficient (Wildman–Crippen LogP) is 2.09. The van der Waals surface area contributed by atoms with Crippen molar-refractivity contribution in [1.82, 2.24) is 9.80 Å². The summed E-state index contributed by atoms with van der Waals surface area (Å²) in [6.07, 6.45) is 0. The van der Waals surface area contributed by atoms with Gasteiger partial charge in [-0.15, -0.1) is 0 Å². The molecule has 0 aliphatic heterocycles. The summed E-state index contributed by atoms with van der Waals surface area (Å²) >= 11 is 0. The molecule has 2 unspecified atom stereocenters. The first-order valence-corrected chi connectivity index (χ1v) is 6.91. The van der Waals surface area contributed by atoms with E-state index < -0.39 is 5.92 Å². The molecule has 0 bridgehead atoms. The fourth-order valence-corrected chi connectivity index (χ4v) is 2.40. The first-order valence-electron chi connectivity index (χ1n) is 6.91. The smallest absolute Gasteiger partial charge is 0.244 e. The van der Waals surface area contributed by atoms with Gasteiger partial charge >= 0.3 is 0 Å². The standard InChI is InChI=1S/C16H23N3O/c1-5-19(13(2)12-18(3)4)16(20)15(11-17)14-9-7-6-8-10-14/h6-10,13,15H,5,12H2,1-4H3. The number of likely N-dealkylation sites (N-methyl/N-ethyl adjacent to an activating group) is 2. The van der Waals surface area contributed by atoms with E-state index in [1.807, 2.05) is 63.2 Å². The summed E-state index contributed by atoms with van der Waals surface area (Å²) in [6.45, 7) is 5.36. The van der Waals surface area contributed by atoms with Gasteiger partial charge in [0, 0.05) is 19.1 Å². The molecule has 108 valence electrons. The fraction of sp³-hybridized carbons (Fsp3) is 0.500. The van der Waals surface area contributed by atoms with Gasteiger partial charge in [0.15, 0.2) is 0 Å². The van der Waals surface area contributed by atoms with Crippen LogP contribution in [0.25, 0.3) is 0 Å². The molecule has 2 atom stereocenters. The Kier molecular flexibility index (Phi) is 6.20. The molecule has 4 heteroatoms. The summed E-state index contributed by atoms with van der Waals surface area (Å²) in [5.41, 5.74) is 0.760. The van der Waals surface area contributed by atoms with Crippen LogP contribution in [0.15, 0.2) is 30.3 Å². The number of benzene rings is 1. The molecule has 0 saturated heterocycles. The zero-order valence-electron chi connectivity index (χ0n) is 12.7. The van der Waals surface area contributed by atoms with Gasteiger partial charge in [0.05, 0.1) is 6.07 Å². The van der Waals surface area contributed by atoms with Crippen molar-refractivity contribution < 1.29 is 4.79 Å². The molecule has 4 nitrogen and oxygen atoms in total. The molecule has 1 aromatic carbocycles. The number of carbonyl (C=O) groups excluding carboxylic acids is 1. The van der Waals surface area contributed by atoms with E-state index in [2.05, 4.69) is 6.07 Å². The third kappa shape index (κ3) is 4.07. The maximum absolute atomic E-state index is 12.6. The number of nitrogens with zero attached hydrogens (tertiary/aromatic N) is 3. The average Bonchev–Trinajstić information content (AvgIpc) is 2.40. The van der Waals surface area contributed by atoms with Crippen LogP contribution >= 0.6 is 0 Å². The minimum absolute atomic E-state index is 0.0852. The number of rotatable bonds is 6. The second kappa shape index (κ2) is 7.66. The quantitative estimate of drug-likeness (QED) is 0.797. The topological polar surface area (TPSA) is 47.3 Å². The summed E-state index contributed by atoms with van der Waals surface area (Å²) in [4.78, 5) is 16.4. The van der Waals surface area contributed by atoms with E-state index in [1.54, 1.807) is 4.90 Å². The SMILES string of the molecule is CCN(C(=O)C(C#N)c1ccccc1)C(C)CN(C)C. The predicted molar refractivity (Wildman–Crippen MR) is 80.2 cm³/mol. The van der Waals surface area contributed by atoms with E-state index in [0.717, 1.165) is 12.1 Å². The molecule has 0 spiro atoms. The van der Waals surface area contributed by atoms with E-state index in [1.165, 1.54) is 0 Å². The van der Waals surface area contributed by atoms with Gasteiger partial charge in [-0.05, 0) is 33.5 Å². The van der Waals surface area contributed by atoms with Crippen molar-refractivity contribution >= 4 is 5.91 Å². The number of hydrogen-bond donors (Lipinski definition) is 0. The first kappa shape index (κ1) is 16.2. The Morgan fingerprint density at radius 2 is 1.90 bits per heavy atom. The van der Waals surface area contributed by atoms with Gasteiger partial charge in [-0.25, -0.2) is 0 Å². The molecule has 1 amide bonds. The minimum Gasteiger partial charge on any atom is -0.338 e. The minimum atomic E-state index is -0.722. The number of carbonyl (C=O) groups is 1. The van der Waals surface area contributed by atoms with E-state index in [4.69, 9.17) is 0 Å². The van der Waals surface area contributed by atoms with Crippen LogP contribution in [-0.2, 0) is 4.79 Å². The molecule has 0 radical (unpaired) electrons. The van der Waals surface area contributed by atoms with Crippen LogP contribution in [0.4, 0.5) is 0 Å². The van der Waals surface area contributed by atoms with Crippen LogP contribution in [0.5, 0.6) is 0 Å². The van der Waals surface area contributed by atoms with Crippen LogP contribution in [0.2, 0.25) is 0 Å². The van der Waals surface area contributed by atoms with E-state index >= 15 is 0 Å². The highest BCUT2D eigenvalue weighted by Crippen LogP contribution is 2.19. The van der Waals surface area contributed by atoms with E-state index in [9.17, 15) is 10.1 Å². The molecule has 0 aliphatic carbocycles. The van der Waals surface area contributed by atoms with Crippen molar-refractivity contribution in [2.24, 2.45) is 0 Å². The molecule has 1 rings (SSSR count). The van der Waals surface area contributed by atoms with Gasteiger partial charge < -0.3 is 9.80 Å². The van der Waals surface area contributed by atoms with Crippen molar-refractivity contribution in [2.75, 3.05) is 27.2 Å². The monoisotopic (exact) mass is 273 g/mol. The summed E-state index contributed by atoms with van der Waals surface area (Å²) in [5.74, 6) is -0.837. The molecule has 0 aliphatic rings. The van der Waals surface area contributed by atoms with E-state index in [-0.39, 0.29) is 11.9 Å². The summed E-state index contributed by atoms with van der Waals surface area (Å²) in [5, 5.41) is 9.35. The van der Waals surface area contributed by atoms with Crippen molar-refractivity contribution in [2.45, 2.75) is 25.8 Å². The van der Waals surface area contributed by atoms with Crippen LogP contribution in [0.3, 0.4) is 0 Å². The molecule has 0 N–H and O–H groups in total. The Labute approximate surface area is 121 Å². The molecular weight excluding hydrogens is 250 g/mol. The normalized spacial score (nSPS) is 13.6. The molecule has 0 aromatic heterocycles. The van der Waals surface area contributed by atoms with Crippen molar-refractivity contribution in [1.29, 1.82) is 5.26 Å². The van der Waals surface area contributed by atoms with Gasteiger partial charge in [-0.1, -0.05) is 30.3 Å². The van der Waals surface area contributed by atoms with Gasteiger partial charge in [-0.2, -0.15) is 5.26 Å². The van der Waals surface area contributed by atoms with Gasteiger partial charge in [0.1, 0.15) is 5.92 Å². The molecule has 0 heterocycles. The number of amides is 1. The largest absolute Gasteiger partial charge is 0.338 e. The lowest BCUT2D eigenvalue weighted by molar-refractivity contribution is -0.133. The summed E-state index contributed by atoms with van der Waals surface area (Å²) < 4.78 is 0. The molecule has 1 aromatic rings. The summed E-state index contributed by atoms with van der Waals surface area (Å²) in [6, 6.07) is 11.5. The summed E-state index contributed by atoms with van der Waals surface area (Å²) in [7, 11) is 3.96. The lowest BCUT2D eigenvalue weighted by atomic mass is 9.98. The van der Waals surface area contributed by atoms with Gasteiger partial charge in [0.25, 0.3) is 0 Å². The first-order chi connectivity index (χ1) is 9.51. The third-order valence-electron chi connectivity index (χ3n) is 3.29. The second-order valence-electron chi connectivity index (χ2n) is 5.21. The lowest BCUT2D eigenvalue weighted by Gasteiger charge is -2.31. The van der Waals surface area contributed by atoms with Gasteiger partial charge in [0.2, 0.25) is 5.91 Å². The fourth-order valence-electron chi connectivity index (χ4n) is 2.40. The average molecular weight is 273 g/mol. The zero-order chi connectivity index (χ0) is 15.1. The second-order valence-corrected chi connectivity index (χ2v) is 5.21. The molecule has 0 saturated carbocycles. The maximum Gasteiger partial charge on any atom is 0.244 e. The third-order valence-corrected chi connectivity index (χ3v) is 3.29. The highest BCUT2D eigenvalue weighted by atomic mass is 16.2. The van der Waals surface area contributed by atoms with Gasteiger partial charge in [-0.3, -0.25) is 4.79 Å². The highest BCUT2D eigenvalue weighted by molar-refractivity contribution is 5.86. The van der Waals surface area contributed by atoms with E-state index in [0.29, 0.717) is 6.54 Å². The Morgan fingerprint density at radius 3 is 2.35 bits per heavy atom. The van der Waals surface area contributed by atoms with Crippen molar-refractivity contribution in [3.05, 3.63) is 35.9 Å². The Bertz CT molecular complexity index is 464. The molecule has 20 heavy (non-hydrogen) atoms. The van der Waals surface area contributed by atoms with Crippen LogP contribution in [-0.4, -0.2) is 48.9 Å². The highest BCUT2D eigenvalue weighted by Gasteiger charge is 2.27. The Hall–Kier alpha value is -1.86. The van der Waals surface area contributed by atoms with Crippen molar-refractivity contribution in [3.63, 3.8) is 0 Å². The lowest BCUT2D eigenvalue weighted by Crippen LogP contribution is -2.45. The maximum atomic E-state index is 12.6. The van der Waals surface area contributed by atoms with Crippen LogP contribution in [0, 0.1) is 11.3 Å². The van der Waals surface area contributed by atoms with Crippen LogP contribution < -0.4 is 0 Å². The Balaban J connectivity index is 2.92. The zero-order valence-corrected chi connectivity index (χ0v) is 12.7. The number of hydrogen-bond acceptors (Lipinski definition) is 3. The van der Waals surface area contributed by atoms with Crippen LogP contribution in [0.1, 0.15) is 25.3 Å². The van der Waals surface area contributed by atoms with Crippen molar-refractivity contribution in [3.8, 4) is 6.07 Å². The Morgan fingerprint density at radius 1 is 1.30 bits per heavy atom. The molecular formula is C16H23N3O. The molecule has 0 fully saturated rings. The number of nitriles is 1.